The highest BCUT2D eigenvalue weighted by Crippen LogP contribution is 2.44. The summed E-state index contributed by atoms with van der Waals surface area (Å²) in [5.74, 6) is 0. The van der Waals surface area contributed by atoms with E-state index >= 15 is 0 Å². The van der Waals surface area contributed by atoms with Gasteiger partial charge in [-0.15, -0.1) is 11.3 Å². The summed E-state index contributed by atoms with van der Waals surface area (Å²) in [6.45, 7) is 3.16. The van der Waals surface area contributed by atoms with Gasteiger partial charge in [0.1, 0.15) is 15.2 Å². The van der Waals surface area contributed by atoms with E-state index in [0.717, 1.165) is 37.1 Å². The van der Waals surface area contributed by atoms with Gasteiger partial charge in [0.25, 0.3) is 0 Å². The predicted octanol–water partition coefficient (Wildman–Crippen LogP) is 4.91. The van der Waals surface area contributed by atoms with E-state index in [1.165, 1.54) is 0 Å². The largest absolute Gasteiger partial charge is 0.411 e. The molecule has 0 atom stereocenters. The van der Waals surface area contributed by atoms with Gasteiger partial charge < -0.3 is 14.7 Å². The average molecular weight is 443 g/mol. The van der Waals surface area contributed by atoms with Crippen molar-refractivity contribution < 1.29 is 14.7 Å². The van der Waals surface area contributed by atoms with E-state index in [-0.39, 0.29) is 5.60 Å². The van der Waals surface area contributed by atoms with Crippen molar-refractivity contribution in [2.45, 2.75) is 34.5 Å². The molecular weight excluding hydrogens is 424 g/mol. The van der Waals surface area contributed by atoms with Gasteiger partial charge >= 0.3 is 0 Å². The van der Waals surface area contributed by atoms with Crippen molar-refractivity contribution in [1.82, 2.24) is 4.98 Å². The van der Waals surface area contributed by atoms with Gasteiger partial charge in [0, 0.05) is 38.1 Å². The first-order valence-electron chi connectivity index (χ1n) is 7.84. The molecule has 0 saturated carbocycles. The molecule has 0 bridgehead atoms. The molecule has 0 radical (unpaired) electrons. The molecule has 2 aromatic rings. The van der Waals surface area contributed by atoms with Crippen molar-refractivity contribution >= 4 is 44.7 Å². The van der Waals surface area contributed by atoms with Crippen LogP contribution < -0.4 is 0 Å². The van der Waals surface area contributed by atoms with Crippen LogP contribution in [-0.4, -0.2) is 36.2 Å². The van der Waals surface area contributed by atoms with Crippen molar-refractivity contribution in [1.29, 1.82) is 0 Å². The van der Waals surface area contributed by atoms with E-state index in [2.05, 4.69) is 21.1 Å². The van der Waals surface area contributed by atoms with Crippen LogP contribution in [0.2, 0.25) is 0 Å². The van der Waals surface area contributed by atoms with Crippen LogP contribution in [0.3, 0.4) is 0 Å². The minimum absolute atomic E-state index is 0.344. The van der Waals surface area contributed by atoms with Crippen molar-refractivity contribution in [3.05, 3.63) is 39.4 Å². The molecule has 1 fully saturated rings. The van der Waals surface area contributed by atoms with Crippen LogP contribution in [-0.2, 0) is 15.1 Å². The van der Waals surface area contributed by atoms with Crippen LogP contribution in [0, 0.1) is 0 Å². The Morgan fingerprint density at radius 3 is 2.64 bits per heavy atom. The van der Waals surface area contributed by atoms with Gasteiger partial charge in [-0.05, 0) is 40.5 Å². The summed E-state index contributed by atoms with van der Waals surface area (Å²) >= 11 is 6.90. The van der Waals surface area contributed by atoms with Gasteiger partial charge in [-0.1, -0.05) is 29.1 Å². The number of benzene rings is 1. The number of ether oxygens (including phenoxy) is 2. The normalized spacial score (nSPS) is 17.6. The van der Waals surface area contributed by atoms with Crippen LogP contribution in [0.5, 0.6) is 0 Å². The van der Waals surface area contributed by atoms with Crippen molar-refractivity contribution in [2.75, 3.05) is 20.3 Å². The molecule has 1 aromatic carbocycles. The second-order valence-electron chi connectivity index (χ2n) is 5.72. The molecule has 8 heteroatoms. The highest BCUT2D eigenvalue weighted by atomic mass is 79.9. The fourth-order valence-electron chi connectivity index (χ4n) is 2.68. The minimum Gasteiger partial charge on any atom is -0.411 e. The van der Waals surface area contributed by atoms with Gasteiger partial charge in [-0.3, -0.25) is 0 Å². The smallest absolute Gasteiger partial charge is 0.131 e. The van der Waals surface area contributed by atoms with E-state index in [1.807, 2.05) is 24.3 Å². The molecule has 2 heterocycles. The highest BCUT2D eigenvalue weighted by Gasteiger charge is 2.38. The topological polar surface area (TPSA) is 63.9 Å². The summed E-state index contributed by atoms with van der Waals surface area (Å²) in [4.78, 5) is 5.81. The first-order chi connectivity index (χ1) is 12.1. The average Bonchev–Trinajstić information content (AvgIpc) is 3.03. The zero-order valence-corrected chi connectivity index (χ0v) is 17.2. The van der Waals surface area contributed by atoms with Crippen molar-refractivity contribution in [3.8, 4) is 0 Å². The van der Waals surface area contributed by atoms with Crippen LogP contribution >= 0.6 is 39.0 Å². The monoisotopic (exact) mass is 442 g/mol. The molecule has 1 saturated heterocycles. The summed E-state index contributed by atoms with van der Waals surface area (Å²) in [7, 11) is 1.75. The van der Waals surface area contributed by atoms with Crippen LogP contribution in [0.15, 0.2) is 43.1 Å². The van der Waals surface area contributed by atoms with E-state index in [0.29, 0.717) is 18.9 Å². The number of rotatable bonds is 5. The zero-order chi connectivity index (χ0) is 17.9. The predicted molar refractivity (Wildman–Crippen MR) is 103 cm³/mol. The van der Waals surface area contributed by atoms with Gasteiger partial charge in [0.15, 0.2) is 0 Å². The Bertz CT molecular complexity index is 756. The molecule has 0 amide bonds. The molecule has 25 heavy (non-hydrogen) atoms. The number of thiazole rings is 1. The molecule has 1 aromatic heterocycles. The molecule has 1 N–H and O–H groups in total. The Labute approximate surface area is 163 Å². The fraction of sp³-hybridized carbons (Fsp3) is 0.412. The second kappa shape index (κ2) is 8.18. The Hall–Kier alpha value is -0.930. The molecule has 134 valence electrons. The van der Waals surface area contributed by atoms with Gasteiger partial charge in [-0.25, -0.2) is 4.98 Å². The Balaban J connectivity index is 1.81. The quantitative estimate of drug-likeness (QED) is 0.404. The van der Waals surface area contributed by atoms with Gasteiger partial charge in [-0.2, -0.15) is 0 Å². The Morgan fingerprint density at radius 2 is 2.04 bits per heavy atom. The van der Waals surface area contributed by atoms with Crippen LogP contribution in [0.4, 0.5) is 0 Å². The van der Waals surface area contributed by atoms with Gasteiger partial charge in [0.05, 0.1) is 9.92 Å². The van der Waals surface area contributed by atoms with E-state index < -0.39 is 0 Å². The Kier molecular flexibility index (Phi) is 6.17. The van der Waals surface area contributed by atoms with Crippen LogP contribution in [0.1, 0.15) is 30.3 Å². The number of oxime groups is 1. The number of hydrogen-bond donors (Lipinski definition) is 1. The molecule has 1 aliphatic heterocycles. The Morgan fingerprint density at radius 1 is 1.36 bits per heavy atom. The summed E-state index contributed by atoms with van der Waals surface area (Å²) in [5, 5.41) is 13.1. The fourth-order valence-corrected chi connectivity index (χ4v) is 5.69. The minimum atomic E-state index is -0.344. The zero-order valence-electron chi connectivity index (χ0n) is 14.0. The number of methoxy groups -OCH3 is 1. The highest BCUT2D eigenvalue weighted by molar-refractivity contribution is 9.10. The van der Waals surface area contributed by atoms with E-state index in [9.17, 15) is 0 Å². The number of nitrogens with zero attached hydrogens (tertiary/aromatic N) is 2. The molecule has 5 nitrogen and oxygen atoms in total. The van der Waals surface area contributed by atoms with E-state index in [4.69, 9.17) is 19.7 Å². The maximum Gasteiger partial charge on any atom is 0.131 e. The SMILES string of the molecule is COC1(c2nc(Br)c(Sc3ccc(/C(C)=N\O)cc3)s2)CCOCC1. The summed E-state index contributed by atoms with van der Waals surface area (Å²) < 4.78 is 13.3. The van der Waals surface area contributed by atoms with Crippen molar-refractivity contribution in [2.24, 2.45) is 5.16 Å². The summed E-state index contributed by atoms with van der Waals surface area (Å²) in [6.07, 6.45) is 1.64. The maximum absolute atomic E-state index is 8.85. The summed E-state index contributed by atoms with van der Waals surface area (Å²) in [6, 6.07) is 7.92. The second-order valence-corrected chi connectivity index (χ2v) is 8.81. The maximum atomic E-state index is 8.85. The third-order valence-corrected chi connectivity index (χ3v) is 7.79. The standard InChI is InChI=1S/C17H19BrN2O3S2/c1-11(20-21)12-3-5-13(6-4-12)24-15-14(18)19-16(25-15)17(22-2)7-9-23-10-8-17/h3-6,21H,7-10H2,1-2H3/b20-11-. The lowest BCUT2D eigenvalue weighted by Crippen LogP contribution is -2.35. The molecule has 3 rings (SSSR count). The lowest BCUT2D eigenvalue weighted by Gasteiger charge is -2.33. The molecular formula is C17H19BrN2O3S2. The first kappa shape index (κ1) is 18.8. The summed E-state index contributed by atoms with van der Waals surface area (Å²) in [5.41, 5.74) is 1.15. The number of hydrogen-bond acceptors (Lipinski definition) is 7. The third kappa shape index (κ3) is 4.09. The van der Waals surface area contributed by atoms with Crippen molar-refractivity contribution in [3.63, 3.8) is 0 Å². The van der Waals surface area contributed by atoms with Crippen LogP contribution in [0.25, 0.3) is 0 Å². The molecule has 0 unspecified atom stereocenters. The number of halogens is 1. The molecule has 1 aliphatic rings. The van der Waals surface area contributed by atoms with Gasteiger partial charge in [0.2, 0.25) is 0 Å². The van der Waals surface area contributed by atoms with E-state index in [1.54, 1.807) is 37.1 Å². The first-order valence-corrected chi connectivity index (χ1v) is 10.3. The lowest BCUT2D eigenvalue weighted by atomic mass is 9.95. The number of aromatic nitrogens is 1. The molecule has 0 spiro atoms. The lowest BCUT2D eigenvalue weighted by molar-refractivity contribution is -0.0948. The third-order valence-electron chi connectivity index (χ3n) is 4.27. The molecule has 0 aliphatic carbocycles.